The van der Waals surface area contributed by atoms with Gasteiger partial charge >= 0.3 is 0 Å². The van der Waals surface area contributed by atoms with Crippen LogP contribution in [0, 0.1) is 5.82 Å². The maximum atomic E-state index is 13.9. The number of hydrogen-bond donors (Lipinski definition) is 0. The molecule has 1 fully saturated rings. The molecule has 28 heavy (non-hydrogen) atoms. The molecule has 1 aliphatic carbocycles. The zero-order valence-electron chi connectivity index (χ0n) is 15.3. The van der Waals surface area contributed by atoms with Gasteiger partial charge < -0.3 is 4.74 Å². The first kappa shape index (κ1) is 18.7. The Bertz CT molecular complexity index is 961. The summed E-state index contributed by atoms with van der Waals surface area (Å²) in [5.41, 5.74) is 0.880. The molecule has 0 spiro atoms. The summed E-state index contributed by atoms with van der Waals surface area (Å²) in [6.07, 6.45) is 3.49. The number of benzene rings is 2. The molecule has 1 heterocycles. The van der Waals surface area contributed by atoms with Crippen LogP contribution in [0.2, 0.25) is 0 Å². The molecule has 1 aromatic heterocycles. The average molecular weight is 397 g/mol. The van der Waals surface area contributed by atoms with Gasteiger partial charge in [-0.1, -0.05) is 48.5 Å². The fraction of sp³-hybridized carbons (Fsp3) is 0.286. The molecule has 1 atom stereocenters. The lowest BCUT2D eigenvalue weighted by molar-refractivity contribution is -0.119. The van der Waals surface area contributed by atoms with Crippen LogP contribution >= 0.6 is 11.8 Å². The Balaban J connectivity index is 1.62. The summed E-state index contributed by atoms with van der Waals surface area (Å²) in [4.78, 5) is 12.3. The van der Waals surface area contributed by atoms with E-state index in [1.807, 2.05) is 34.9 Å². The zero-order chi connectivity index (χ0) is 19.3. The van der Waals surface area contributed by atoms with Crippen molar-refractivity contribution in [2.75, 3.05) is 0 Å². The number of carbonyl (C=O) groups is 1. The molecule has 0 N–H and O–H groups in total. The molecule has 0 radical (unpaired) electrons. The predicted octanol–water partition coefficient (Wildman–Crippen LogP) is 4.59. The Hall–Kier alpha value is -2.67. The van der Waals surface area contributed by atoms with Crippen LogP contribution in [0.3, 0.4) is 0 Å². The Morgan fingerprint density at radius 2 is 1.86 bits per heavy atom. The van der Waals surface area contributed by atoms with Crippen LogP contribution in [0.15, 0.2) is 59.8 Å². The first-order chi connectivity index (χ1) is 13.7. The Morgan fingerprint density at radius 1 is 1.07 bits per heavy atom. The lowest BCUT2D eigenvalue weighted by Gasteiger charge is -2.20. The third-order valence-electron chi connectivity index (χ3n) is 4.65. The number of thioether (sulfide) groups is 1. The van der Waals surface area contributed by atoms with Crippen molar-refractivity contribution in [2.24, 2.45) is 0 Å². The lowest BCUT2D eigenvalue weighted by atomic mass is 9.99. The molecule has 1 unspecified atom stereocenters. The van der Waals surface area contributed by atoms with E-state index in [-0.39, 0.29) is 23.4 Å². The Kier molecular flexibility index (Phi) is 5.71. The van der Waals surface area contributed by atoms with Crippen molar-refractivity contribution in [1.82, 2.24) is 14.8 Å². The highest BCUT2D eigenvalue weighted by atomic mass is 32.2. The standard InChI is InChI=1S/C21H20FN3O2S/c22-16-10-4-6-12-18(16)27-14-20-23-24-21(25(20)15-8-2-1-3-9-15)28-19-13-7-5-11-17(19)26/h1-4,6,8-10,12,19H,5,7,11,13-14H2. The van der Waals surface area contributed by atoms with Crippen LogP contribution in [0.1, 0.15) is 31.5 Å². The van der Waals surface area contributed by atoms with Crippen LogP contribution in [0.4, 0.5) is 4.39 Å². The van der Waals surface area contributed by atoms with Crippen LogP contribution in [0.5, 0.6) is 5.75 Å². The quantitative estimate of drug-likeness (QED) is 0.609. The summed E-state index contributed by atoms with van der Waals surface area (Å²) in [6.45, 7) is 0.0714. The molecule has 0 amide bonds. The first-order valence-electron chi connectivity index (χ1n) is 9.29. The Morgan fingerprint density at radius 3 is 2.64 bits per heavy atom. The molecule has 1 saturated carbocycles. The highest BCUT2D eigenvalue weighted by molar-refractivity contribution is 8.00. The van der Waals surface area contributed by atoms with E-state index in [0.29, 0.717) is 17.4 Å². The molecule has 144 valence electrons. The van der Waals surface area contributed by atoms with Crippen molar-refractivity contribution in [2.45, 2.75) is 42.7 Å². The highest BCUT2D eigenvalue weighted by Crippen LogP contribution is 2.32. The molecular formula is C21H20FN3O2S. The molecule has 2 aromatic carbocycles. The van der Waals surface area contributed by atoms with E-state index in [1.54, 1.807) is 18.2 Å². The van der Waals surface area contributed by atoms with Gasteiger partial charge in [0.15, 0.2) is 22.5 Å². The van der Waals surface area contributed by atoms with Crippen molar-refractivity contribution in [3.05, 3.63) is 66.2 Å². The van der Waals surface area contributed by atoms with Crippen LogP contribution in [-0.2, 0) is 11.4 Å². The number of rotatable bonds is 6. The number of Topliss-reactive ketones (excluding diaryl/α,β-unsaturated/α-hetero) is 1. The van der Waals surface area contributed by atoms with Gasteiger partial charge in [-0.2, -0.15) is 0 Å². The van der Waals surface area contributed by atoms with Gasteiger partial charge in [0.2, 0.25) is 0 Å². The molecule has 0 bridgehead atoms. The summed E-state index contributed by atoms with van der Waals surface area (Å²) >= 11 is 1.45. The van der Waals surface area contributed by atoms with Gasteiger partial charge in [0.05, 0.1) is 5.25 Å². The first-order valence-corrected chi connectivity index (χ1v) is 10.2. The molecule has 0 saturated heterocycles. The average Bonchev–Trinajstić information content (AvgIpc) is 3.12. The second-order valence-electron chi connectivity index (χ2n) is 6.61. The van der Waals surface area contributed by atoms with E-state index >= 15 is 0 Å². The highest BCUT2D eigenvalue weighted by Gasteiger charge is 2.26. The summed E-state index contributed by atoms with van der Waals surface area (Å²) in [5.74, 6) is 0.570. The molecule has 3 aromatic rings. The number of ether oxygens (including phenoxy) is 1. The van der Waals surface area contributed by atoms with Gasteiger partial charge in [0, 0.05) is 12.1 Å². The van der Waals surface area contributed by atoms with Gasteiger partial charge in [-0.15, -0.1) is 10.2 Å². The Labute approximate surface area is 166 Å². The summed E-state index contributed by atoms with van der Waals surface area (Å²) < 4.78 is 21.4. The monoisotopic (exact) mass is 397 g/mol. The molecule has 5 nitrogen and oxygen atoms in total. The maximum Gasteiger partial charge on any atom is 0.196 e. The van der Waals surface area contributed by atoms with Gasteiger partial charge in [-0.3, -0.25) is 9.36 Å². The van der Waals surface area contributed by atoms with E-state index in [9.17, 15) is 9.18 Å². The summed E-state index contributed by atoms with van der Waals surface area (Å²) in [6, 6.07) is 15.9. The number of nitrogens with zero attached hydrogens (tertiary/aromatic N) is 3. The van der Waals surface area contributed by atoms with Crippen LogP contribution < -0.4 is 4.74 Å². The number of carbonyl (C=O) groups excluding carboxylic acids is 1. The number of ketones is 1. The fourth-order valence-corrected chi connectivity index (χ4v) is 4.41. The maximum absolute atomic E-state index is 13.9. The minimum atomic E-state index is -0.421. The molecule has 4 rings (SSSR count). The van der Waals surface area contributed by atoms with E-state index < -0.39 is 5.82 Å². The van der Waals surface area contributed by atoms with Crippen LogP contribution in [0.25, 0.3) is 5.69 Å². The number of halogens is 1. The zero-order valence-corrected chi connectivity index (χ0v) is 16.1. The van der Waals surface area contributed by atoms with E-state index in [1.165, 1.54) is 17.8 Å². The lowest BCUT2D eigenvalue weighted by Crippen LogP contribution is -2.22. The minimum Gasteiger partial charge on any atom is -0.483 e. The normalized spacial score (nSPS) is 16.9. The number of hydrogen-bond acceptors (Lipinski definition) is 5. The summed E-state index contributed by atoms with van der Waals surface area (Å²) in [5, 5.41) is 9.12. The molecular weight excluding hydrogens is 377 g/mol. The topological polar surface area (TPSA) is 57.0 Å². The number of para-hydroxylation sites is 2. The van der Waals surface area contributed by atoms with Crippen molar-refractivity contribution in [1.29, 1.82) is 0 Å². The minimum absolute atomic E-state index is 0.0714. The van der Waals surface area contributed by atoms with Gasteiger partial charge in [0.1, 0.15) is 12.4 Å². The second kappa shape index (κ2) is 8.56. The molecule has 1 aliphatic rings. The van der Waals surface area contributed by atoms with Crippen molar-refractivity contribution in [3.63, 3.8) is 0 Å². The van der Waals surface area contributed by atoms with Crippen molar-refractivity contribution >= 4 is 17.5 Å². The SMILES string of the molecule is O=C1CCCCC1Sc1nnc(COc2ccccc2F)n1-c1ccccc1. The fourth-order valence-electron chi connectivity index (χ4n) is 3.21. The van der Waals surface area contributed by atoms with E-state index in [0.717, 1.165) is 24.9 Å². The predicted molar refractivity (Wildman–Crippen MR) is 105 cm³/mol. The third kappa shape index (κ3) is 4.09. The summed E-state index contributed by atoms with van der Waals surface area (Å²) in [7, 11) is 0. The third-order valence-corrected chi connectivity index (χ3v) is 5.91. The van der Waals surface area contributed by atoms with E-state index in [4.69, 9.17) is 4.74 Å². The van der Waals surface area contributed by atoms with Gasteiger partial charge in [-0.05, 0) is 37.1 Å². The molecule has 7 heteroatoms. The second-order valence-corrected chi connectivity index (χ2v) is 7.78. The number of aromatic nitrogens is 3. The van der Waals surface area contributed by atoms with Crippen LogP contribution in [-0.4, -0.2) is 25.8 Å². The van der Waals surface area contributed by atoms with Crippen molar-refractivity contribution < 1.29 is 13.9 Å². The largest absolute Gasteiger partial charge is 0.483 e. The van der Waals surface area contributed by atoms with Gasteiger partial charge in [0.25, 0.3) is 0 Å². The van der Waals surface area contributed by atoms with Crippen molar-refractivity contribution in [3.8, 4) is 11.4 Å². The smallest absolute Gasteiger partial charge is 0.196 e. The molecule has 0 aliphatic heterocycles. The van der Waals surface area contributed by atoms with Gasteiger partial charge in [-0.25, -0.2) is 4.39 Å². The van der Waals surface area contributed by atoms with E-state index in [2.05, 4.69) is 10.2 Å².